The normalized spacial score (nSPS) is 10.1. The molecule has 0 atom stereocenters. The summed E-state index contributed by atoms with van der Waals surface area (Å²) < 4.78 is 0. The van der Waals surface area contributed by atoms with Crippen molar-refractivity contribution in [1.29, 1.82) is 0 Å². The van der Waals surface area contributed by atoms with Crippen molar-refractivity contribution in [3.05, 3.63) is 41.7 Å². The monoisotopic (exact) mass is 214 g/mol. The van der Waals surface area contributed by atoms with Crippen LogP contribution in [0.2, 0.25) is 0 Å². The Morgan fingerprint density at radius 1 is 1.06 bits per heavy atom. The Labute approximate surface area is 94.5 Å². The molecule has 2 rings (SSSR count). The summed E-state index contributed by atoms with van der Waals surface area (Å²) in [5.74, 6) is 0.600. The lowest BCUT2D eigenvalue weighted by atomic mass is 10.3. The van der Waals surface area contributed by atoms with Gasteiger partial charge in [0.2, 0.25) is 5.95 Å². The lowest BCUT2D eigenvalue weighted by molar-refractivity contribution is 1.06. The molecule has 0 aliphatic carbocycles. The maximum absolute atomic E-state index is 5.69. The second kappa shape index (κ2) is 4.18. The van der Waals surface area contributed by atoms with Gasteiger partial charge in [0.25, 0.3) is 0 Å². The third kappa shape index (κ3) is 2.48. The van der Waals surface area contributed by atoms with Crippen molar-refractivity contribution >= 4 is 17.3 Å². The predicted octanol–water partition coefficient (Wildman–Crippen LogP) is 2.42. The summed E-state index contributed by atoms with van der Waals surface area (Å²) in [7, 11) is 0. The first-order chi connectivity index (χ1) is 7.63. The number of hydrogen-bond donors (Lipinski definition) is 2. The molecule has 0 saturated carbocycles. The van der Waals surface area contributed by atoms with E-state index in [1.54, 1.807) is 0 Å². The van der Waals surface area contributed by atoms with Crippen LogP contribution in [0, 0.1) is 13.8 Å². The summed E-state index contributed by atoms with van der Waals surface area (Å²) >= 11 is 0. The van der Waals surface area contributed by atoms with Crippen molar-refractivity contribution < 1.29 is 0 Å². The highest BCUT2D eigenvalue weighted by molar-refractivity contribution is 5.59. The van der Waals surface area contributed by atoms with Gasteiger partial charge in [0.15, 0.2) is 0 Å². The molecule has 4 heteroatoms. The molecule has 16 heavy (non-hydrogen) atoms. The molecule has 0 bridgehead atoms. The average Bonchev–Trinajstić information content (AvgIpc) is 2.15. The van der Waals surface area contributed by atoms with Gasteiger partial charge in [-0.25, -0.2) is 9.97 Å². The Kier molecular flexibility index (Phi) is 2.72. The highest BCUT2D eigenvalue weighted by Crippen LogP contribution is 2.16. The minimum Gasteiger partial charge on any atom is -0.399 e. The van der Waals surface area contributed by atoms with Crippen LogP contribution in [0.25, 0.3) is 0 Å². The Balaban J connectivity index is 2.27. The fourth-order valence-electron chi connectivity index (χ4n) is 1.53. The zero-order chi connectivity index (χ0) is 11.5. The van der Waals surface area contributed by atoms with Crippen molar-refractivity contribution in [2.45, 2.75) is 13.8 Å². The van der Waals surface area contributed by atoms with E-state index in [1.807, 2.05) is 44.2 Å². The fraction of sp³-hybridized carbons (Fsp3) is 0.167. The van der Waals surface area contributed by atoms with Crippen LogP contribution in [0.4, 0.5) is 17.3 Å². The van der Waals surface area contributed by atoms with Gasteiger partial charge < -0.3 is 11.1 Å². The average molecular weight is 214 g/mol. The first-order valence-corrected chi connectivity index (χ1v) is 5.08. The van der Waals surface area contributed by atoms with Crippen LogP contribution in [-0.2, 0) is 0 Å². The van der Waals surface area contributed by atoms with E-state index < -0.39 is 0 Å². The highest BCUT2D eigenvalue weighted by Gasteiger charge is 2.00. The van der Waals surface area contributed by atoms with Crippen LogP contribution in [0.5, 0.6) is 0 Å². The van der Waals surface area contributed by atoms with Crippen LogP contribution < -0.4 is 11.1 Å². The molecule has 0 radical (unpaired) electrons. The van der Waals surface area contributed by atoms with Crippen LogP contribution in [-0.4, -0.2) is 9.97 Å². The number of aryl methyl sites for hydroxylation is 2. The van der Waals surface area contributed by atoms with E-state index >= 15 is 0 Å². The minimum absolute atomic E-state index is 0.600. The van der Waals surface area contributed by atoms with Gasteiger partial charge in [-0.1, -0.05) is 6.07 Å². The van der Waals surface area contributed by atoms with Gasteiger partial charge in [-0.3, -0.25) is 0 Å². The van der Waals surface area contributed by atoms with Gasteiger partial charge >= 0.3 is 0 Å². The molecule has 0 aliphatic heterocycles. The number of nitrogens with zero attached hydrogens (tertiary/aromatic N) is 2. The van der Waals surface area contributed by atoms with E-state index in [2.05, 4.69) is 15.3 Å². The van der Waals surface area contributed by atoms with Gasteiger partial charge in [0.05, 0.1) is 0 Å². The lowest BCUT2D eigenvalue weighted by Gasteiger charge is -2.06. The van der Waals surface area contributed by atoms with Crippen molar-refractivity contribution in [2.75, 3.05) is 11.1 Å². The predicted molar refractivity (Wildman–Crippen MR) is 65.6 cm³/mol. The Bertz CT molecular complexity index is 488. The third-order valence-corrected chi connectivity index (χ3v) is 2.13. The molecule has 0 spiro atoms. The molecule has 0 saturated heterocycles. The molecule has 0 aliphatic rings. The van der Waals surface area contributed by atoms with Crippen molar-refractivity contribution in [2.24, 2.45) is 0 Å². The first-order valence-electron chi connectivity index (χ1n) is 5.08. The van der Waals surface area contributed by atoms with Crippen LogP contribution in [0.15, 0.2) is 30.3 Å². The molecule has 1 aromatic heterocycles. The smallest absolute Gasteiger partial charge is 0.227 e. The van der Waals surface area contributed by atoms with Gasteiger partial charge in [0.1, 0.15) is 0 Å². The number of nitrogens with one attached hydrogen (secondary N) is 1. The topological polar surface area (TPSA) is 63.8 Å². The minimum atomic E-state index is 0.600. The fourth-order valence-corrected chi connectivity index (χ4v) is 1.53. The number of aromatic nitrogens is 2. The molecule has 1 heterocycles. The Hall–Kier alpha value is -2.10. The maximum Gasteiger partial charge on any atom is 0.227 e. The number of rotatable bonds is 2. The molecule has 4 nitrogen and oxygen atoms in total. The summed E-state index contributed by atoms with van der Waals surface area (Å²) in [6.07, 6.45) is 0. The lowest BCUT2D eigenvalue weighted by Crippen LogP contribution is -2.00. The second-order valence-electron chi connectivity index (χ2n) is 3.72. The van der Waals surface area contributed by atoms with E-state index in [0.717, 1.165) is 22.8 Å². The van der Waals surface area contributed by atoms with Crippen molar-refractivity contribution in [3.63, 3.8) is 0 Å². The van der Waals surface area contributed by atoms with E-state index in [9.17, 15) is 0 Å². The van der Waals surface area contributed by atoms with Crippen LogP contribution >= 0.6 is 0 Å². The number of hydrogen-bond acceptors (Lipinski definition) is 4. The van der Waals surface area contributed by atoms with Crippen molar-refractivity contribution in [1.82, 2.24) is 9.97 Å². The molecular formula is C12H14N4. The molecule has 0 unspecified atom stereocenters. The number of anilines is 3. The number of nitrogens with two attached hydrogens (primary N) is 1. The first kappa shape index (κ1) is 10.4. The van der Waals surface area contributed by atoms with Crippen molar-refractivity contribution in [3.8, 4) is 0 Å². The maximum atomic E-state index is 5.69. The summed E-state index contributed by atoms with van der Waals surface area (Å²) in [6.45, 7) is 3.89. The summed E-state index contributed by atoms with van der Waals surface area (Å²) in [4.78, 5) is 8.59. The molecule has 1 aromatic carbocycles. The highest BCUT2D eigenvalue weighted by atomic mass is 15.1. The molecule has 82 valence electrons. The molecule has 0 amide bonds. The zero-order valence-electron chi connectivity index (χ0n) is 9.36. The van der Waals surface area contributed by atoms with E-state index in [-0.39, 0.29) is 0 Å². The van der Waals surface area contributed by atoms with Gasteiger partial charge in [-0.2, -0.15) is 0 Å². The van der Waals surface area contributed by atoms with Crippen LogP contribution in [0.3, 0.4) is 0 Å². The van der Waals surface area contributed by atoms with E-state index in [4.69, 9.17) is 5.73 Å². The largest absolute Gasteiger partial charge is 0.399 e. The molecule has 2 aromatic rings. The SMILES string of the molecule is Cc1cc(C)nc(Nc2cccc(N)c2)n1. The summed E-state index contributed by atoms with van der Waals surface area (Å²) in [5.41, 5.74) is 9.19. The summed E-state index contributed by atoms with van der Waals surface area (Å²) in [6, 6.07) is 9.44. The quantitative estimate of drug-likeness (QED) is 0.753. The van der Waals surface area contributed by atoms with E-state index in [1.165, 1.54) is 0 Å². The number of benzene rings is 1. The second-order valence-corrected chi connectivity index (χ2v) is 3.72. The molecule has 3 N–H and O–H groups in total. The zero-order valence-corrected chi connectivity index (χ0v) is 9.36. The summed E-state index contributed by atoms with van der Waals surface area (Å²) in [5, 5.41) is 3.12. The van der Waals surface area contributed by atoms with Gasteiger partial charge in [-0.05, 0) is 38.1 Å². The molecular weight excluding hydrogens is 200 g/mol. The third-order valence-electron chi connectivity index (χ3n) is 2.13. The Morgan fingerprint density at radius 2 is 1.75 bits per heavy atom. The van der Waals surface area contributed by atoms with Crippen LogP contribution in [0.1, 0.15) is 11.4 Å². The standard InChI is InChI=1S/C12H14N4/c1-8-6-9(2)15-12(14-8)16-11-5-3-4-10(13)7-11/h3-7H,13H2,1-2H3,(H,14,15,16). The molecule has 0 fully saturated rings. The van der Waals surface area contributed by atoms with E-state index in [0.29, 0.717) is 5.95 Å². The Morgan fingerprint density at radius 3 is 2.38 bits per heavy atom. The number of nitrogen functional groups attached to an aromatic ring is 1. The van der Waals surface area contributed by atoms with Gasteiger partial charge in [-0.15, -0.1) is 0 Å². The van der Waals surface area contributed by atoms with Gasteiger partial charge in [0, 0.05) is 22.8 Å².